The molecule has 2 bridgehead atoms. The highest BCUT2D eigenvalue weighted by atomic mass is 16.5. The summed E-state index contributed by atoms with van der Waals surface area (Å²) in [5.74, 6) is 1.83. The van der Waals surface area contributed by atoms with Crippen LogP contribution in [0.3, 0.4) is 0 Å². The van der Waals surface area contributed by atoms with Crippen molar-refractivity contribution in [2.75, 3.05) is 18.1 Å². The lowest BCUT2D eigenvalue weighted by Crippen LogP contribution is -2.37. The van der Waals surface area contributed by atoms with Crippen LogP contribution in [0.4, 0.5) is 5.82 Å². The molecule has 3 fully saturated rings. The van der Waals surface area contributed by atoms with Crippen molar-refractivity contribution in [1.82, 2.24) is 20.2 Å². The molecule has 1 aliphatic carbocycles. The molecule has 4 heterocycles. The SMILES string of the molecule is CC1(Oc2ccc3[nH]nc(-c4cc(N5CC6CC5CO6)ncn4)c3c2)CC1. The minimum atomic E-state index is -0.00317. The van der Waals surface area contributed by atoms with Gasteiger partial charge in [-0.1, -0.05) is 0 Å². The molecule has 3 aromatic rings. The molecule has 2 aromatic heterocycles. The fourth-order valence-corrected chi connectivity index (χ4v) is 4.13. The second-order valence-corrected chi connectivity index (χ2v) is 8.09. The van der Waals surface area contributed by atoms with Crippen LogP contribution in [-0.2, 0) is 4.74 Å². The highest BCUT2D eigenvalue weighted by Crippen LogP contribution is 2.40. The van der Waals surface area contributed by atoms with Crippen LogP contribution in [0.1, 0.15) is 26.2 Å². The summed E-state index contributed by atoms with van der Waals surface area (Å²) in [6.45, 7) is 3.84. The number of benzene rings is 1. The van der Waals surface area contributed by atoms with Crippen molar-refractivity contribution >= 4 is 16.7 Å². The molecule has 1 saturated carbocycles. The van der Waals surface area contributed by atoms with Gasteiger partial charge in [0.05, 0.1) is 30.0 Å². The van der Waals surface area contributed by atoms with Crippen molar-refractivity contribution in [3.8, 4) is 17.1 Å². The fraction of sp³-hybridized carbons (Fsp3) is 0.450. The van der Waals surface area contributed by atoms with Gasteiger partial charge in [-0.15, -0.1) is 0 Å². The predicted octanol–water partition coefficient (Wildman–Crippen LogP) is 2.93. The number of nitrogens with one attached hydrogen (secondary N) is 1. The van der Waals surface area contributed by atoms with Gasteiger partial charge >= 0.3 is 0 Å². The number of nitrogens with zero attached hydrogens (tertiary/aromatic N) is 4. The zero-order valence-corrected chi connectivity index (χ0v) is 15.2. The first-order valence-corrected chi connectivity index (χ1v) is 9.55. The predicted molar refractivity (Wildman–Crippen MR) is 101 cm³/mol. The number of ether oxygens (including phenoxy) is 2. The summed E-state index contributed by atoms with van der Waals surface area (Å²) >= 11 is 0. The molecule has 2 atom stereocenters. The lowest BCUT2D eigenvalue weighted by molar-refractivity contribution is 0.0989. The Bertz CT molecular complexity index is 1030. The molecule has 138 valence electrons. The summed E-state index contributed by atoms with van der Waals surface area (Å²) in [6.07, 6.45) is 5.27. The van der Waals surface area contributed by atoms with E-state index in [1.54, 1.807) is 6.33 Å². The Balaban J connectivity index is 1.37. The van der Waals surface area contributed by atoms with Crippen molar-refractivity contribution in [3.63, 3.8) is 0 Å². The summed E-state index contributed by atoms with van der Waals surface area (Å²) in [6, 6.07) is 8.54. The molecule has 0 spiro atoms. The van der Waals surface area contributed by atoms with E-state index in [2.05, 4.69) is 38.1 Å². The number of rotatable bonds is 4. The first kappa shape index (κ1) is 15.4. The molecule has 1 N–H and O–H groups in total. The van der Waals surface area contributed by atoms with Crippen molar-refractivity contribution in [3.05, 3.63) is 30.6 Å². The molecule has 2 aliphatic heterocycles. The molecule has 2 saturated heterocycles. The van der Waals surface area contributed by atoms with Crippen LogP contribution in [0, 0.1) is 0 Å². The average Bonchev–Trinajstić information content (AvgIpc) is 3.11. The molecule has 7 heteroatoms. The average molecular weight is 363 g/mol. The normalized spacial score (nSPS) is 25.3. The number of hydrogen-bond donors (Lipinski definition) is 1. The smallest absolute Gasteiger partial charge is 0.133 e. The van der Waals surface area contributed by atoms with E-state index in [-0.39, 0.29) is 5.60 Å². The Hall–Kier alpha value is -2.67. The third-order valence-electron chi connectivity index (χ3n) is 5.94. The summed E-state index contributed by atoms with van der Waals surface area (Å²) in [5.41, 5.74) is 2.63. The molecule has 0 radical (unpaired) electrons. The van der Waals surface area contributed by atoms with Gasteiger partial charge in [-0.3, -0.25) is 5.10 Å². The maximum Gasteiger partial charge on any atom is 0.133 e. The molecule has 6 rings (SSSR count). The van der Waals surface area contributed by atoms with Gasteiger partial charge in [0, 0.05) is 18.0 Å². The van der Waals surface area contributed by atoms with E-state index in [1.807, 2.05) is 18.2 Å². The molecule has 27 heavy (non-hydrogen) atoms. The lowest BCUT2D eigenvalue weighted by atomic mass is 10.1. The maximum absolute atomic E-state index is 6.12. The second-order valence-electron chi connectivity index (χ2n) is 8.09. The number of aromatic amines is 1. The largest absolute Gasteiger partial charge is 0.488 e. The molecule has 0 amide bonds. The summed E-state index contributed by atoms with van der Waals surface area (Å²) < 4.78 is 11.8. The Kier molecular flexibility index (Phi) is 3.09. The Morgan fingerprint density at radius 3 is 2.96 bits per heavy atom. The van der Waals surface area contributed by atoms with Gasteiger partial charge in [0.1, 0.15) is 29.2 Å². The zero-order chi connectivity index (χ0) is 18.0. The Morgan fingerprint density at radius 2 is 2.19 bits per heavy atom. The monoisotopic (exact) mass is 363 g/mol. The number of anilines is 1. The highest BCUT2D eigenvalue weighted by molar-refractivity contribution is 5.93. The maximum atomic E-state index is 6.12. The van der Waals surface area contributed by atoms with E-state index < -0.39 is 0 Å². The minimum absolute atomic E-state index is 0.00317. The Labute approximate surface area is 156 Å². The topological polar surface area (TPSA) is 76.2 Å². The molecule has 3 aliphatic rings. The second kappa shape index (κ2) is 5.42. The fourth-order valence-electron chi connectivity index (χ4n) is 4.13. The third kappa shape index (κ3) is 2.56. The zero-order valence-electron chi connectivity index (χ0n) is 15.2. The van der Waals surface area contributed by atoms with Crippen molar-refractivity contribution < 1.29 is 9.47 Å². The van der Waals surface area contributed by atoms with Crippen LogP contribution >= 0.6 is 0 Å². The quantitative estimate of drug-likeness (QED) is 0.768. The van der Waals surface area contributed by atoms with Crippen molar-refractivity contribution in [2.45, 2.75) is 43.9 Å². The van der Waals surface area contributed by atoms with Crippen LogP contribution in [0.25, 0.3) is 22.3 Å². The number of aromatic nitrogens is 4. The summed E-state index contributed by atoms with van der Waals surface area (Å²) in [7, 11) is 0. The van der Waals surface area contributed by atoms with Gasteiger partial charge in [0.2, 0.25) is 0 Å². The molecule has 2 unspecified atom stereocenters. The van der Waals surface area contributed by atoms with E-state index in [1.165, 1.54) is 0 Å². The number of H-pyrrole nitrogens is 1. The van der Waals surface area contributed by atoms with Crippen LogP contribution in [0.15, 0.2) is 30.6 Å². The van der Waals surface area contributed by atoms with Gasteiger partial charge in [0.25, 0.3) is 0 Å². The van der Waals surface area contributed by atoms with E-state index in [9.17, 15) is 0 Å². The lowest BCUT2D eigenvalue weighted by Gasteiger charge is -2.27. The van der Waals surface area contributed by atoms with Crippen LogP contribution in [0.2, 0.25) is 0 Å². The van der Waals surface area contributed by atoms with Crippen molar-refractivity contribution in [1.29, 1.82) is 0 Å². The first-order valence-electron chi connectivity index (χ1n) is 9.55. The summed E-state index contributed by atoms with van der Waals surface area (Å²) in [4.78, 5) is 11.3. The first-order chi connectivity index (χ1) is 13.2. The van der Waals surface area contributed by atoms with E-state index in [0.29, 0.717) is 12.1 Å². The minimum Gasteiger partial charge on any atom is -0.488 e. The highest BCUT2D eigenvalue weighted by Gasteiger charge is 2.40. The molecular weight excluding hydrogens is 342 g/mol. The van der Waals surface area contributed by atoms with Crippen LogP contribution in [0.5, 0.6) is 5.75 Å². The number of morpholine rings is 1. The third-order valence-corrected chi connectivity index (χ3v) is 5.94. The van der Waals surface area contributed by atoms with Crippen molar-refractivity contribution in [2.24, 2.45) is 0 Å². The van der Waals surface area contributed by atoms with Crippen LogP contribution < -0.4 is 9.64 Å². The standard InChI is InChI=1S/C20H21N5O2/c1-20(4-5-20)27-13-2-3-16-15(7-13)19(24-23-16)17-8-18(22-11-21-17)25-9-14-6-12(25)10-26-14/h2-3,7-8,11-12,14H,4-6,9-10H2,1H3,(H,23,24). The van der Waals surface area contributed by atoms with Gasteiger partial charge in [-0.25, -0.2) is 9.97 Å². The number of hydrogen-bond acceptors (Lipinski definition) is 6. The number of fused-ring (bicyclic) bond motifs is 3. The Morgan fingerprint density at radius 1 is 1.26 bits per heavy atom. The van der Waals surface area contributed by atoms with Gasteiger partial charge < -0.3 is 14.4 Å². The molecule has 1 aromatic carbocycles. The summed E-state index contributed by atoms with van der Waals surface area (Å²) in [5, 5.41) is 8.65. The van der Waals surface area contributed by atoms with E-state index in [0.717, 1.165) is 66.3 Å². The molecular formula is C20H21N5O2. The van der Waals surface area contributed by atoms with Crippen LogP contribution in [-0.4, -0.2) is 51.1 Å². The van der Waals surface area contributed by atoms with Gasteiger partial charge in [-0.05, 0) is 44.4 Å². The van der Waals surface area contributed by atoms with E-state index in [4.69, 9.17) is 9.47 Å². The molecule has 7 nitrogen and oxygen atoms in total. The van der Waals surface area contributed by atoms with Gasteiger partial charge in [-0.2, -0.15) is 5.10 Å². The van der Waals surface area contributed by atoms with E-state index >= 15 is 0 Å². The van der Waals surface area contributed by atoms with Gasteiger partial charge in [0.15, 0.2) is 0 Å².